The molecule has 5 heteroatoms. The number of rotatable bonds is 1. The van der Waals surface area contributed by atoms with Crippen LogP contribution in [0.2, 0.25) is 5.02 Å². The lowest BCUT2D eigenvalue weighted by Gasteiger charge is -2.38. The Kier molecular flexibility index (Phi) is 2.65. The molecule has 1 aromatic heterocycles. The molecule has 3 bridgehead atoms. The van der Waals surface area contributed by atoms with E-state index in [1.807, 2.05) is 24.3 Å². The molecule has 1 amide bonds. The largest absolute Gasteiger partial charge is 0.374 e. The van der Waals surface area contributed by atoms with Crippen LogP contribution in [0, 0.1) is 5.92 Å². The molecular formula is C17H15ClN2OS. The van der Waals surface area contributed by atoms with Crippen molar-refractivity contribution in [1.29, 1.82) is 0 Å². The molecule has 112 valence electrons. The molecule has 3 nitrogen and oxygen atoms in total. The second-order valence-corrected chi connectivity index (χ2v) is 7.85. The average molecular weight is 331 g/mol. The highest BCUT2D eigenvalue weighted by Crippen LogP contribution is 2.44. The van der Waals surface area contributed by atoms with Gasteiger partial charge in [0, 0.05) is 46.0 Å². The van der Waals surface area contributed by atoms with Gasteiger partial charge in [-0.25, -0.2) is 0 Å². The maximum absolute atomic E-state index is 13.1. The Morgan fingerprint density at radius 1 is 1.36 bits per heavy atom. The highest BCUT2D eigenvalue weighted by molar-refractivity contribution is 7.20. The summed E-state index contributed by atoms with van der Waals surface area (Å²) in [5.41, 5.74) is 1.23. The van der Waals surface area contributed by atoms with Gasteiger partial charge in [0.2, 0.25) is 0 Å². The summed E-state index contributed by atoms with van der Waals surface area (Å²) in [4.78, 5) is 18.3. The van der Waals surface area contributed by atoms with Crippen LogP contribution in [0.3, 0.4) is 0 Å². The predicted octanol–water partition coefficient (Wildman–Crippen LogP) is 3.95. The number of benzene rings is 1. The number of halogens is 1. The number of amides is 1. The molecule has 1 aromatic carbocycles. The lowest BCUT2D eigenvalue weighted by molar-refractivity contribution is 0.0725. The molecule has 22 heavy (non-hydrogen) atoms. The second kappa shape index (κ2) is 4.49. The van der Waals surface area contributed by atoms with Crippen LogP contribution in [-0.4, -0.2) is 34.8 Å². The molecule has 3 aliphatic rings. The van der Waals surface area contributed by atoms with Gasteiger partial charge in [-0.15, -0.1) is 11.3 Å². The number of fused-ring (bicyclic) bond motifs is 3. The van der Waals surface area contributed by atoms with Crippen LogP contribution in [0.15, 0.2) is 36.2 Å². The average Bonchev–Trinajstić information content (AvgIpc) is 2.98. The summed E-state index contributed by atoms with van der Waals surface area (Å²) in [6.45, 7) is 2.13. The van der Waals surface area contributed by atoms with Crippen LogP contribution in [0.25, 0.3) is 10.1 Å². The first-order chi connectivity index (χ1) is 10.7. The number of nitrogens with zero attached hydrogens (tertiary/aromatic N) is 2. The Labute approximate surface area is 137 Å². The van der Waals surface area contributed by atoms with Crippen molar-refractivity contribution < 1.29 is 4.79 Å². The van der Waals surface area contributed by atoms with Gasteiger partial charge in [0.15, 0.2) is 0 Å². The standard InChI is InChI=1S/C17H15ClN2OS/c18-13-2-1-3-15-12(13)7-16(22-15)17(21)20-11-6-10-4-5-19(8-11)9-14(10)20/h1-3,7,9-11H,4-6,8H2. The Morgan fingerprint density at radius 3 is 3.14 bits per heavy atom. The molecule has 0 saturated carbocycles. The molecule has 5 rings (SSSR count). The van der Waals surface area contributed by atoms with E-state index in [-0.39, 0.29) is 5.91 Å². The molecule has 4 heterocycles. The minimum atomic E-state index is 0.151. The van der Waals surface area contributed by atoms with E-state index in [9.17, 15) is 4.79 Å². The van der Waals surface area contributed by atoms with E-state index in [0.29, 0.717) is 12.0 Å². The number of carbonyl (C=O) groups is 1. The molecule has 0 spiro atoms. The SMILES string of the molecule is O=C(c1cc2c(Cl)cccc2s1)N1C2=CN3CCC2CC1C3. The highest BCUT2D eigenvalue weighted by atomic mass is 35.5. The monoisotopic (exact) mass is 330 g/mol. The number of allylic oxidation sites excluding steroid dienone is 1. The maximum Gasteiger partial charge on any atom is 0.268 e. The first-order valence-corrected chi connectivity index (χ1v) is 8.87. The molecule has 2 unspecified atom stereocenters. The van der Waals surface area contributed by atoms with Crippen LogP contribution in [-0.2, 0) is 0 Å². The third-order valence-corrected chi connectivity index (χ3v) is 6.50. The first kappa shape index (κ1) is 13.0. The van der Waals surface area contributed by atoms with E-state index in [2.05, 4.69) is 16.0 Å². The maximum atomic E-state index is 13.1. The summed E-state index contributed by atoms with van der Waals surface area (Å²) >= 11 is 7.79. The lowest BCUT2D eigenvalue weighted by atomic mass is 9.99. The predicted molar refractivity (Wildman–Crippen MR) is 89.2 cm³/mol. The second-order valence-electron chi connectivity index (χ2n) is 6.36. The Hall–Kier alpha value is -1.52. The van der Waals surface area contributed by atoms with E-state index in [1.54, 1.807) is 11.3 Å². The van der Waals surface area contributed by atoms with Crippen LogP contribution >= 0.6 is 22.9 Å². The van der Waals surface area contributed by atoms with Gasteiger partial charge in [0.1, 0.15) is 0 Å². The van der Waals surface area contributed by atoms with E-state index < -0.39 is 0 Å². The number of thiophene rings is 1. The molecule has 0 N–H and O–H groups in total. The fraction of sp³-hybridized carbons (Fsp3) is 0.353. The fourth-order valence-electron chi connectivity index (χ4n) is 4.07. The molecule has 3 aliphatic heterocycles. The fourth-order valence-corrected chi connectivity index (χ4v) is 5.38. The van der Waals surface area contributed by atoms with Crippen molar-refractivity contribution in [3.05, 3.63) is 46.1 Å². The van der Waals surface area contributed by atoms with Crippen molar-refractivity contribution in [3.8, 4) is 0 Å². The third-order valence-electron chi connectivity index (χ3n) is 5.08. The van der Waals surface area contributed by atoms with Gasteiger partial charge in [0.05, 0.1) is 10.9 Å². The zero-order chi connectivity index (χ0) is 14.8. The molecular weight excluding hydrogens is 316 g/mol. The van der Waals surface area contributed by atoms with E-state index >= 15 is 0 Å². The van der Waals surface area contributed by atoms with Gasteiger partial charge >= 0.3 is 0 Å². The van der Waals surface area contributed by atoms with Crippen molar-refractivity contribution in [2.45, 2.75) is 18.9 Å². The Morgan fingerprint density at radius 2 is 2.27 bits per heavy atom. The van der Waals surface area contributed by atoms with Gasteiger partial charge in [-0.1, -0.05) is 17.7 Å². The molecule has 0 aliphatic carbocycles. The smallest absolute Gasteiger partial charge is 0.268 e. The molecule has 2 aromatic rings. The number of carbonyl (C=O) groups excluding carboxylic acids is 1. The summed E-state index contributed by atoms with van der Waals surface area (Å²) in [6, 6.07) is 8.15. The van der Waals surface area contributed by atoms with Crippen molar-refractivity contribution in [2.75, 3.05) is 13.1 Å². The van der Waals surface area contributed by atoms with Crippen molar-refractivity contribution in [1.82, 2.24) is 9.80 Å². The highest BCUT2D eigenvalue weighted by Gasteiger charge is 2.46. The summed E-state index contributed by atoms with van der Waals surface area (Å²) < 4.78 is 1.08. The van der Waals surface area contributed by atoms with Gasteiger partial charge in [0.25, 0.3) is 5.91 Å². The lowest BCUT2D eigenvalue weighted by Crippen LogP contribution is -2.46. The Bertz CT molecular complexity index is 825. The van der Waals surface area contributed by atoms with Gasteiger partial charge in [-0.05, 0) is 31.0 Å². The minimum absolute atomic E-state index is 0.151. The third kappa shape index (κ3) is 1.71. The molecule has 0 radical (unpaired) electrons. The minimum Gasteiger partial charge on any atom is -0.374 e. The number of hydrogen-bond acceptors (Lipinski definition) is 3. The van der Waals surface area contributed by atoms with Gasteiger partial charge < -0.3 is 9.80 Å². The quantitative estimate of drug-likeness (QED) is 0.790. The van der Waals surface area contributed by atoms with Crippen LogP contribution in [0.1, 0.15) is 22.5 Å². The van der Waals surface area contributed by atoms with Crippen molar-refractivity contribution in [2.24, 2.45) is 5.92 Å². The summed E-state index contributed by atoms with van der Waals surface area (Å²) in [7, 11) is 0. The molecule has 1 fully saturated rings. The van der Waals surface area contributed by atoms with Crippen molar-refractivity contribution in [3.63, 3.8) is 0 Å². The van der Waals surface area contributed by atoms with Gasteiger partial charge in [-0.2, -0.15) is 0 Å². The Balaban J connectivity index is 1.57. The van der Waals surface area contributed by atoms with Crippen LogP contribution < -0.4 is 0 Å². The van der Waals surface area contributed by atoms with E-state index in [0.717, 1.165) is 39.5 Å². The van der Waals surface area contributed by atoms with Crippen molar-refractivity contribution >= 4 is 38.9 Å². The first-order valence-electron chi connectivity index (χ1n) is 7.68. The zero-order valence-electron chi connectivity index (χ0n) is 12.0. The topological polar surface area (TPSA) is 23.6 Å². The molecule has 2 atom stereocenters. The zero-order valence-corrected chi connectivity index (χ0v) is 13.5. The van der Waals surface area contributed by atoms with Crippen LogP contribution in [0.4, 0.5) is 0 Å². The van der Waals surface area contributed by atoms with Crippen LogP contribution in [0.5, 0.6) is 0 Å². The summed E-state index contributed by atoms with van der Waals surface area (Å²) in [5.74, 6) is 0.725. The molecule has 1 saturated heterocycles. The normalized spacial score (nSPS) is 26.0. The summed E-state index contributed by atoms with van der Waals surface area (Å²) in [5, 5.41) is 1.71. The van der Waals surface area contributed by atoms with E-state index in [1.165, 1.54) is 12.1 Å². The van der Waals surface area contributed by atoms with E-state index in [4.69, 9.17) is 11.6 Å². The number of hydrogen-bond donors (Lipinski definition) is 0. The van der Waals surface area contributed by atoms with Gasteiger partial charge in [-0.3, -0.25) is 4.79 Å². The summed E-state index contributed by atoms with van der Waals surface area (Å²) in [6.07, 6.45) is 4.51.